The molecule has 4 rings (SSSR count). The minimum atomic E-state index is 0.265. The van der Waals surface area contributed by atoms with Crippen LogP contribution in [0.2, 0.25) is 0 Å². The van der Waals surface area contributed by atoms with Gasteiger partial charge in [0, 0.05) is 23.9 Å². The third kappa shape index (κ3) is 1.96. The lowest BCUT2D eigenvalue weighted by molar-refractivity contribution is 0.0968. The molecule has 0 aromatic carbocycles. The molecule has 3 aliphatic carbocycles. The first-order chi connectivity index (χ1) is 8.81. The van der Waals surface area contributed by atoms with Crippen LogP contribution in [-0.4, -0.2) is 23.4 Å². The summed E-state index contributed by atoms with van der Waals surface area (Å²) in [4.78, 5) is 20.3. The molecule has 96 valence electrons. The number of aryl methyl sites for hydroxylation is 1. The Bertz CT molecular complexity index is 488. The van der Waals surface area contributed by atoms with Gasteiger partial charge >= 0.3 is 0 Å². The van der Waals surface area contributed by atoms with Gasteiger partial charge in [-0.15, -0.1) is 11.3 Å². The number of rotatable bonds is 4. The van der Waals surface area contributed by atoms with E-state index in [1.807, 2.05) is 0 Å². The predicted octanol–water partition coefficient (Wildman–Crippen LogP) is 3.04. The Morgan fingerprint density at radius 2 is 2.06 bits per heavy atom. The van der Waals surface area contributed by atoms with Crippen LogP contribution >= 0.6 is 11.3 Å². The Morgan fingerprint density at radius 3 is 2.72 bits per heavy atom. The lowest BCUT2D eigenvalue weighted by Crippen LogP contribution is -2.27. The lowest BCUT2D eigenvalue weighted by Gasteiger charge is -2.20. The van der Waals surface area contributed by atoms with Crippen LogP contribution in [0.25, 0.3) is 0 Å². The van der Waals surface area contributed by atoms with Crippen molar-refractivity contribution in [1.29, 1.82) is 0 Å². The van der Waals surface area contributed by atoms with Crippen molar-refractivity contribution >= 4 is 22.3 Å². The van der Waals surface area contributed by atoms with Crippen molar-refractivity contribution in [2.24, 2.45) is 5.92 Å². The molecule has 2 saturated carbocycles. The highest BCUT2D eigenvalue weighted by Gasteiger charge is 2.36. The van der Waals surface area contributed by atoms with Gasteiger partial charge < -0.3 is 4.90 Å². The minimum absolute atomic E-state index is 0.265. The van der Waals surface area contributed by atoms with Gasteiger partial charge in [-0.1, -0.05) is 0 Å². The SMILES string of the molecule is O=C1CCCc2sc(N(CC3CC3)C3CC3)nc21. The number of aromatic nitrogens is 1. The van der Waals surface area contributed by atoms with Crippen LogP contribution in [0.4, 0.5) is 5.13 Å². The normalized spacial score (nSPS) is 23.0. The molecular formula is C14H18N2OS. The third-order valence-corrected chi connectivity index (χ3v) is 5.30. The van der Waals surface area contributed by atoms with Gasteiger partial charge in [0.15, 0.2) is 10.9 Å². The molecule has 0 radical (unpaired) electrons. The van der Waals surface area contributed by atoms with E-state index in [-0.39, 0.29) is 5.78 Å². The molecule has 0 bridgehead atoms. The van der Waals surface area contributed by atoms with Gasteiger partial charge in [-0.25, -0.2) is 4.98 Å². The average molecular weight is 262 g/mol. The van der Waals surface area contributed by atoms with Crippen molar-refractivity contribution in [1.82, 2.24) is 4.98 Å². The molecule has 1 heterocycles. The summed E-state index contributed by atoms with van der Waals surface area (Å²) >= 11 is 1.78. The van der Waals surface area contributed by atoms with Crippen molar-refractivity contribution in [2.45, 2.75) is 51.0 Å². The summed E-state index contributed by atoms with van der Waals surface area (Å²) in [5.41, 5.74) is 0.794. The molecule has 0 amide bonds. The molecule has 18 heavy (non-hydrogen) atoms. The molecule has 4 heteroatoms. The Kier molecular flexibility index (Phi) is 2.47. The molecule has 3 aliphatic rings. The van der Waals surface area contributed by atoms with E-state index < -0.39 is 0 Å². The van der Waals surface area contributed by atoms with E-state index in [0.29, 0.717) is 12.5 Å². The highest BCUT2D eigenvalue weighted by Crippen LogP contribution is 2.40. The number of nitrogens with zero attached hydrogens (tertiary/aromatic N) is 2. The summed E-state index contributed by atoms with van der Waals surface area (Å²) in [6.45, 7) is 1.17. The zero-order chi connectivity index (χ0) is 12.1. The number of carbonyl (C=O) groups is 1. The molecule has 3 nitrogen and oxygen atoms in total. The highest BCUT2D eigenvalue weighted by atomic mass is 32.1. The number of anilines is 1. The zero-order valence-corrected chi connectivity index (χ0v) is 11.3. The van der Waals surface area contributed by atoms with Crippen molar-refractivity contribution in [3.05, 3.63) is 10.6 Å². The van der Waals surface area contributed by atoms with Gasteiger partial charge in [-0.05, 0) is 44.4 Å². The van der Waals surface area contributed by atoms with Crippen LogP contribution < -0.4 is 4.90 Å². The Labute approximate surface area is 111 Å². The van der Waals surface area contributed by atoms with Gasteiger partial charge in [0.1, 0.15) is 5.69 Å². The lowest BCUT2D eigenvalue weighted by atomic mass is 10.0. The first-order valence-electron chi connectivity index (χ1n) is 7.11. The Balaban J connectivity index is 1.63. The Morgan fingerprint density at radius 1 is 1.22 bits per heavy atom. The molecule has 2 fully saturated rings. The first-order valence-corrected chi connectivity index (χ1v) is 7.92. The van der Waals surface area contributed by atoms with Crippen molar-refractivity contribution in [3.63, 3.8) is 0 Å². The van der Waals surface area contributed by atoms with Crippen molar-refractivity contribution < 1.29 is 4.79 Å². The smallest absolute Gasteiger partial charge is 0.186 e. The van der Waals surface area contributed by atoms with Crippen LogP contribution in [0.5, 0.6) is 0 Å². The number of hydrogen-bond donors (Lipinski definition) is 0. The molecule has 0 spiro atoms. The maximum absolute atomic E-state index is 11.9. The quantitative estimate of drug-likeness (QED) is 0.836. The molecular weight excluding hydrogens is 244 g/mol. The van der Waals surface area contributed by atoms with Crippen LogP contribution in [-0.2, 0) is 6.42 Å². The number of hydrogen-bond acceptors (Lipinski definition) is 4. The van der Waals surface area contributed by atoms with Crippen molar-refractivity contribution in [2.75, 3.05) is 11.4 Å². The molecule has 1 aromatic rings. The second-order valence-corrected chi connectivity index (χ2v) is 6.93. The third-order valence-electron chi connectivity index (χ3n) is 4.14. The van der Waals surface area contributed by atoms with E-state index in [2.05, 4.69) is 9.88 Å². The first kappa shape index (κ1) is 11.0. The summed E-state index contributed by atoms with van der Waals surface area (Å²) in [7, 11) is 0. The van der Waals surface area contributed by atoms with Crippen molar-refractivity contribution in [3.8, 4) is 0 Å². The zero-order valence-electron chi connectivity index (χ0n) is 10.5. The fraction of sp³-hybridized carbons (Fsp3) is 0.714. The van der Waals surface area contributed by atoms with Gasteiger partial charge in [-0.2, -0.15) is 0 Å². The summed E-state index contributed by atoms with van der Waals surface area (Å²) < 4.78 is 0. The molecule has 0 atom stereocenters. The monoisotopic (exact) mass is 262 g/mol. The van der Waals surface area contributed by atoms with Crippen LogP contribution in [0, 0.1) is 5.92 Å². The maximum atomic E-state index is 11.9. The number of carbonyl (C=O) groups excluding carboxylic acids is 1. The number of thiazole rings is 1. The molecule has 0 unspecified atom stereocenters. The van der Waals surface area contributed by atoms with Crippen LogP contribution in [0.3, 0.4) is 0 Å². The van der Waals surface area contributed by atoms with Gasteiger partial charge in [0.2, 0.25) is 0 Å². The minimum Gasteiger partial charge on any atom is -0.345 e. The topological polar surface area (TPSA) is 33.2 Å². The van der Waals surface area contributed by atoms with Gasteiger partial charge in [0.25, 0.3) is 0 Å². The Hall–Kier alpha value is -0.900. The summed E-state index contributed by atoms with van der Waals surface area (Å²) in [6.07, 6.45) is 8.15. The maximum Gasteiger partial charge on any atom is 0.186 e. The fourth-order valence-electron chi connectivity index (χ4n) is 2.73. The number of fused-ring (bicyclic) bond motifs is 1. The van der Waals surface area contributed by atoms with Crippen LogP contribution in [0.1, 0.15) is 53.9 Å². The standard InChI is InChI=1S/C14H18N2OS/c17-11-2-1-3-12-13(11)15-14(18-12)16(10-6-7-10)8-9-4-5-9/h9-10H,1-8H2. The predicted molar refractivity (Wildman–Crippen MR) is 72.5 cm³/mol. The highest BCUT2D eigenvalue weighted by molar-refractivity contribution is 7.16. The van der Waals surface area contributed by atoms with E-state index in [0.717, 1.165) is 29.6 Å². The second-order valence-electron chi connectivity index (χ2n) is 5.87. The van der Waals surface area contributed by atoms with E-state index >= 15 is 0 Å². The summed E-state index contributed by atoms with van der Waals surface area (Å²) in [5, 5.41) is 1.13. The van der Waals surface area contributed by atoms with E-state index in [4.69, 9.17) is 0 Å². The molecule has 0 saturated heterocycles. The second kappa shape index (κ2) is 4.05. The van der Waals surface area contributed by atoms with Gasteiger partial charge in [-0.3, -0.25) is 4.79 Å². The van der Waals surface area contributed by atoms with Gasteiger partial charge in [0.05, 0.1) is 0 Å². The van der Waals surface area contributed by atoms with E-state index in [9.17, 15) is 4.79 Å². The van der Waals surface area contributed by atoms with E-state index in [1.54, 1.807) is 11.3 Å². The number of Topliss-reactive ketones (excluding diaryl/α,β-unsaturated/α-hetero) is 1. The number of ketones is 1. The molecule has 1 aromatic heterocycles. The fourth-order valence-corrected chi connectivity index (χ4v) is 3.93. The summed E-state index contributed by atoms with van der Waals surface area (Å²) in [6, 6.07) is 0.716. The largest absolute Gasteiger partial charge is 0.345 e. The van der Waals surface area contributed by atoms with Crippen LogP contribution in [0.15, 0.2) is 0 Å². The molecule has 0 aliphatic heterocycles. The average Bonchev–Trinajstić information content (AvgIpc) is 3.25. The molecule has 0 N–H and O–H groups in total. The summed E-state index contributed by atoms with van der Waals surface area (Å²) in [5.74, 6) is 1.16. The van der Waals surface area contributed by atoms with E-state index in [1.165, 1.54) is 37.1 Å².